The van der Waals surface area contributed by atoms with Crippen LogP contribution in [0, 0.1) is 11.8 Å². The first-order valence-corrected chi connectivity index (χ1v) is 11.6. The summed E-state index contributed by atoms with van der Waals surface area (Å²) in [4.78, 5) is 62.7. The third kappa shape index (κ3) is 13.6. The maximum absolute atomic E-state index is 12.3. The van der Waals surface area contributed by atoms with Gasteiger partial charge in [0.2, 0.25) is 5.91 Å². The van der Waals surface area contributed by atoms with Crippen LogP contribution in [0.5, 0.6) is 0 Å². The van der Waals surface area contributed by atoms with Crippen LogP contribution < -0.4 is 10.4 Å². The predicted octanol–water partition coefficient (Wildman–Crippen LogP) is -2.46. The number of aliphatic carboxylic acids is 3. The minimum atomic E-state index is -1.23. The zero-order chi connectivity index (χ0) is 26.4. The average Bonchev–Trinajstić information content (AvgIpc) is 2.77. The second kappa shape index (κ2) is 16.0. The molecule has 13 nitrogen and oxygen atoms in total. The number of carbonyl (C=O) groups is 5. The molecule has 0 aliphatic carbocycles. The Hall–Kier alpha value is -2.77. The molecule has 1 amide bonds. The Bertz CT molecular complexity index is 734. The number of rotatable bonds is 11. The van der Waals surface area contributed by atoms with E-state index >= 15 is 0 Å². The molecular weight excluding hydrogens is 464 g/mol. The Morgan fingerprint density at radius 2 is 1.40 bits per heavy atom. The van der Waals surface area contributed by atoms with Crippen molar-refractivity contribution in [3.63, 3.8) is 0 Å². The molecule has 35 heavy (non-hydrogen) atoms. The molecular formula is C22H37N4O9-. The number of carboxylic acid groups (broad SMARTS) is 3. The third-order valence-electron chi connectivity index (χ3n) is 6.01. The van der Waals surface area contributed by atoms with E-state index < -0.39 is 36.3 Å². The van der Waals surface area contributed by atoms with Gasteiger partial charge < -0.3 is 30.2 Å². The number of ether oxygens (including phenoxy) is 1. The molecule has 0 aromatic rings. The van der Waals surface area contributed by atoms with E-state index in [9.17, 15) is 34.2 Å². The van der Waals surface area contributed by atoms with Gasteiger partial charge in [-0.05, 0) is 38.3 Å². The molecule has 0 bridgehead atoms. The lowest BCUT2D eigenvalue weighted by molar-refractivity contribution is -0.306. The molecule has 1 fully saturated rings. The van der Waals surface area contributed by atoms with Gasteiger partial charge in [-0.3, -0.25) is 33.9 Å². The van der Waals surface area contributed by atoms with Crippen molar-refractivity contribution in [2.24, 2.45) is 11.8 Å². The van der Waals surface area contributed by atoms with Crippen molar-refractivity contribution in [1.29, 1.82) is 0 Å². The lowest BCUT2D eigenvalue weighted by Crippen LogP contribution is -2.46. The van der Waals surface area contributed by atoms with Crippen LogP contribution >= 0.6 is 0 Å². The molecule has 2 atom stereocenters. The molecule has 0 saturated carbocycles. The fourth-order valence-corrected chi connectivity index (χ4v) is 4.05. The van der Waals surface area contributed by atoms with E-state index in [0.29, 0.717) is 58.5 Å². The Morgan fingerprint density at radius 1 is 0.886 bits per heavy atom. The Kier molecular flexibility index (Phi) is 13.8. The van der Waals surface area contributed by atoms with E-state index in [1.807, 2.05) is 4.90 Å². The first-order chi connectivity index (χ1) is 16.5. The zero-order valence-electron chi connectivity index (χ0n) is 20.4. The van der Waals surface area contributed by atoms with Crippen LogP contribution in [0.15, 0.2) is 0 Å². The van der Waals surface area contributed by atoms with Crippen LogP contribution in [0.3, 0.4) is 0 Å². The summed E-state index contributed by atoms with van der Waals surface area (Å²) in [5.74, 6) is -4.62. The summed E-state index contributed by atoms with van der Waals surface area (Å²) >= 11 is 0. The molecule has 1 unspecified atom stereocenters. The van der Waals surface area contributed by atoms with Crippen molar-refractivity contribution in [3.8, 4) is 0 Å². The van der Waals surface area contributed by atoms with Crippen molar-refractivity contribution in [2.75, 3.05) is 72.6 Å². The van der Waals surface area contributed by atoms with E-state index in [1.165, 1.54) is 7.11 Å². The van der Waals surface area contributed by atoms with Gasteiger partial charge in [0, 0.05) is 38.6 Å². The summed E-state index contributed by atoms with van der Waals surface area (Å²) in [7, 11) is 1.29. The van der Waals surface area contributed by atoms with E-state index in [0.717, 1.165) is 0 Å². The lowest BCUT2D eigenvalue weighted by atomic mass is 9.89. The number of amides is 1. The van der Waals surface area contributed by atoms with Crippen LogP contribution in [-0.4, -0.2) is 127 Å². The smallest absolute Gasteiger partial charge is 0.322 e. The number of hydrogen-bond donors (Lipinski definition) is 3. The van der Waals surface area contributed by atoms with E-state index in [4.69, 9.17) is 9.84 Å². The molecule has 200 valence electrons. The van der Waals surface area contributed by atoms with E-state index in [2.05, 4.69) is 5.32 Å². The zero-order valence-corrected chi connectivity index (χ0v) is 20.4. The van der Waals surface area contributed by atoms with Crippen molar-refractivity contribution < 1.29 is 44.0 Å². The van der Waals surface area contributed by atoms with Crippen LogP contribution in [0.1, 0.15) is 26.2 Å². The monoisotopic (exact) mass is 501 g/mol. The van der Waals surface area contributed by atoms with Crippen LogP contribution in [-0.2, 0) is 28.7 Å². The number of nitrogens with zero attached hydrogens (tertiary/aromatic N) is 3. The number of methoxy groups -OCH3 is 1. The molecule has 3 N–H and O–H groups in total. The van der Waals surface area contributed by atoms with E-state index in [-0.39, 0.29) is 31.5 Å². The van der Waals surface area contributed by atoms with Crippen LogP contribution in [0.2, 0.25) is 0 Å². The summed E-state index contributed by atoms with van der Waals surface area (Å²) < 4.78 is 4.78. The fraction of sp³-hybridized carbons (Fsp3) is 0.773. The first kappa shape index (κ1) is 30.3. The van der Waals surface area contributed by atoms with Crippen molar-refractivity contribution in [1.82, 2.24) is 20.0 Å². The molecule has 13 heteroatoms. The minimum absolute atomic E-state index is 0.000437. The molecule has 1 heterocycles. The van der Waals surface area contributed by atoms with Crippen LogP contribution in [0.4, 0.5) is 0 Å². The SMILES string of the molecule is COC(=O)CN1CCC(C[C@@H](C)C(=O)NCC(=O)O)CCN(CC(=O)[O-])CCN(CC(=O)O)CC1. The van der Waals surface area contributed by atoms with Crippen molar-refractivity contribution in [2.45, 2.75) is 26.2 Å². The molecule has 1 rings (SSSR count). The summed E-state index contributed by atoms with van der Waals surface area (Å²) in [6.45, 7) is 3.08. The Balaban J connectivity index is 2.98. The minimum Gasteiger partial charge on any atom is -0.549 e. The summed E-state index contributed by atoms with van der Waals surface area (Å²) in [6, 6.07) is 0. The number of nitrogens with one attached hydrogen (secondary N) is 1. The molecule has 1 saturated heterocycles. The van der Waals surface area contributed by atoms with E-state index in [1.54, 1.807) is 16.7 Å². The predicted molar refractivity (Wildman–Crippen MR) is 121 cm³/mol. The van der Waals surface area contributed by atoms with Gasteiger partial charge in [-0.25, -0.2) is 0 Å². The molecule has 1 aliphatic heterocycles. The Morgan fingerprint density at radius 3 is 1.86 bits per heavy atom. The average molecular weight is 502 g/mol. The van der Waals surface area contributed by atoms with Gasteiger partial charge in [-0.15, -0.1) is 0 Å². The maximum Gasteiger partial charge on any atom is 0.322 e. The molecule has 0 radical (unpaired) electrons. The summed E-state index contributed by atoms with van der Waals surface area (Å²) in [5.41, 5.74) is 0. The molecule has 0 aromatic carbocycles. The first-order valence-electron chi connectivity index (χ1n) is 11.6. The molecule has 0 spiro atoms. The Labute approximate surface area is 205 Å². The number of esters is 1. The summed E-state index contributed by atoms with van der Waals surface area (Å²) in [5, 5.41) is 31.6. The third-order valence-corrected chi connectivity index (χ3v) is 6.01. The highest BCUT2D eigenvalue weighted by Gasteiger charge is 2.23. The van der Waals surface area contributed by atoms with Gasteiger partial charge in [-0.2, -0.15) is 0 Å². The largest absolute Gasteiger partial charge is 0.549 e. The highest BCUT2D eigenvalue weighted by Crippen LogP contribution is 2.21. The highest BCUT2D eigenvalue weighted by atomic mass is 16.5. The second-order valence-electron chi connectivity index (χ2n) is 8.86. The number of carbonyl (C=O) groups excluding carboxylic acids is 3. The quantitative estimate of drug-likeness (QED) is 0.254. The van der Waals surface area contributed by atoms with Gasteiger partial charge in [0.05, 0.1) is 26.2 Å². The van der Waals surface area contributed by atoms with Gasteiger partial charge in [0.15, 0.2) is 0 Å². The second-order valence-corrected chi connectivity index (χ2v) is 8.86. The van der Waals surface area contributed by atoms with Crippen molar-refractivity contribution >= 4 is 29.8 Å². The number of carboxylic acids is 3. The normalized spacial score (nSPS) is 20.1. The fourth-order valence-electron chi connectivity index (χ4n) is 4.05. The lowest BCUT2D eigenvalue weighted by Gasteiger charge is -2.32. The van der Waals surface area contributed by atoms with Gasteiger partial charge in [0.1, 0.15) is 6.54 Å². The van der Waals surface area contributed by atoms with Gasteiger partial charge in [-0.1, -0.05) is 6.92 Å². The standard InChI is InChI=1S/C22H38N4O9/c1-16(22(34)23-12-18(27)28)11-17-3-5-24(13-19(29)30)7-9-26(14-20(31)32)10-8-25(6-4-17)15-21(33)35-2/h16-17H,3-15H2,1-2H3,(H,23,34)(H,27,28)(H,29,30)(H,31,32)/p-1/t16-,17?/m1/s1. The van der Waals surface area contributed by atoms with Gasteiger partial charge >= 0.3 is 17.9 Å². The highest BCUT2D eigenvalue weighted by molar-refractivity contribution is 5.82. The van der Waals surface area contributed by atoms with Crippen LogP contribution in [0.25, 0.3) is 0 Å². The van der Waals surface area contributed by atoms with Gasteiger partial charge in [0.25, 0.3) is 0 Å². The number of hydrogen-bond acceptors (Lipinski definition) is 10. The molecule has 0 aromatic heterocycles. The molecule has 1 aliphatic rings. The maximum atomic E-state index is 12.3. The van der Waals surface area contributed by atoms with Crippen molar-refractivity contribution in [3.05, 3.63) is 0 Å². The topological polar surface area (TPSA) is 180 Å². The summed E-state index contributed by atoms with van der Waals surface area (Å²) in [6.07, 6.45) is 1.63.